The summed E-state index contributed by atoms with van der Waals surface area (Å²) in [5.74, 6) is -1.64. The van der Waals surface area contributed by atoms with Crippen molar-refractivity contribution in [2.45, 2.75) is 157 Å². The molecule has 14 rings (SSSR count). The zero-order valence-electron chi connectivity index (χ0n) is 63.9. The molecule has 2 N–H and O–H groups in total. The number of alkyl halides is 3. The third-order valence-corrected chi connectivity index (χ3v) is 21.4. The number of fused-ring (bicyclic) bond motifs is 10. The second-order valence-electron chi connectivity index (χ2n) is 27.6. The quantitative estimate of drug-likeness (QED) is 0.0368. The van der Waals surface area contributed by atoms with Crippen molar-refractivity contribution in [2.75, 3.05) is 108 Å². The van der Waals surface area contributed by atoms with Gasteiger partial charge in [0.2, 0.25) is 0 Å². The third-order valence-electron chi connectivity index (χ3n) is 19.5. The first-order valence-corrected chi connectivity index (χ1v) is 38.9. The molecule has 10 bridgehead atoms. The molecule has 14 unspecified atom stereocenters. The van der Waals surface area contributed by atoms with E-state index in [-0.39, 0.29) is 145 Å². The highest BCUT2D eigenvalue weighted by atomic mass is 35.5. The molecule has 114 heavy (non-hydrogen) atoms. The fourth-order valence-electron chi connectivity index (χ4n) is 14.0. The van der Waals surface area contributed by atoms with Crippen LogP contribution in [0.15, 0.2) is 133 Å². The normalized spacial score (nSPS) is 26.3. The highest BCUT2D eigenvalue weighted by Gasteiger charge is 2.50. The Bertz CT molecular complexity index is 3800. The molecule has 10 aliphatic heterocycles. The van der Waals surface area contributed by atoms with Gasteiger partial charge in [-0.25, -0.2) is 37.1 Å². The first-order chi connectivity index (χ1) is 54.4. The zero-order chi connectivity index (χ0) is 81.4. The van der Waals surface area contributed by atoms with E-state index in [9.17, 15) is 65.7 Å². The molecule has 14 atom stereocenters. The van der Waals surface area contributed by atoms with Gasteiger partial charge in [0.15, 0.2) is 12.0 Å². The lowest BCUT2D eigenvalue weighted by Gasteiger charge is -2.47. The van der Waals surface area contributed by atoms with Crippen molar-refractivity contribution in [1.29, 1.82) is 0 Å². The SMILES string of the molecule is COC(=O)/C=C1\CC2COCC(C1F)N2C(=O)OCc1ccccc1.COC(=O)CC1CC2COCC(N2)C1F.COC(=O)CP(=O)(OC)OC.Cl.O=C(Cl)OCc1ccccc1.O=C1CC2COCC(C1)N2.O=C1CC2COCC(C1)N2C(=O)OCc1ccccc1.O=C1CC2COCC(C1F)N2C(=O)OCc1ccccc1. The van der Waals surface area contributed by atoms with Crippen molar-refractivity contribution in [1.82, 2.24) is 25.3 Å². The van der Waals surface area contributed by atoms with E-state index in [1.807, 2.05) is 121 Å². The number of carbonyl (C=O) groups excluding carboxylic acids is 10. The number of ketones is 3. The van der Waals surface area contributed by atoms with Crippen molar-refractivity contribution in [3.05, 3.63) is 155 Å². The highest BCUT2D eigenvalue weighted by Crippen LogP contribution is 2.46. The van der Waals surface area contributed by atoms with Crippen LogP contribution in [0.4, 0.5) is 32.3 Å². The number of halogens is 5. The molecule has 10 heterocycles. The minimum atomic E-state index is -3.23. The lowest BCUT2D eigenvalue weighted by Crippen LogP contribution is -2.64. The van der Waals surface area contributed by atoms with Crippen LogP contribution in [-0.4, -0.2) is 260 Å². The Labute approximate surface area is 670 Å². The molecule has 0 radical (unpaired) electrons. The average Bonchev–Trinajstić information content (AvgIpc) is 0.779. The topological polar surface area (TPSA) is 351 Å². The minimum absolute atomic E-state index is 0. The van der Waals surface area contributed by atoms with Crippen molar-refractivity contribution < 1.29 is 132 Å². The largest absolute Gasteiger partial charge is 0.469 e. The molecular weight excluding hydrogens is 1570 g/mol. The predicted molar refractivity (Wildman–Crippen MR) is 404 cm³/mol. The summed E-state index contributed by atoms with van der Waals surface area (Å²) >= 11 is 4.97. The van der Waals surface area contributed by atoms with Gasteiger partial charge >= 0.3 is 49.2 Å². The summed E-state index contributed by atoms with van der Waals surface area (Å²) in [6, 6.07) is 35.2. The number of amides is 3. The monoisotopic (exact) mass is 1660 g/mol. The molecule has 36 heteroatoms. The van der Waals surface area contributed by atoms with Crippen LogP contribution in [0, 0.1) is 5.92 Å². The number of nitrogens with zero attached hydrogens (tertiary/aromatic N) is 3. The molecule has 4 aromatic rings. The maximum Gasteiger partial charge on any atom is 0.410 e. The zero-order valence-corrected chi connectivity index (χ0v) is 66.4. The number of ether oxygens (including phenoxy) is 12. The minimum Gasteiger partial charge on any atom is -0.469 e. The molecule has 0 spiro atoms. The van der Waals surface area contributed by atoms with Crippen molar-refractivity contribution in [2.24, 2.45) is 5.92 Å². The van der Waals surface area contributed by atoms with Crippen molar-refractivity contribution in [3.63, 3.8) is 0 Å². The van der Waals surface area contributed by atoms with E-state index in [1.54, 1.807) is 4.90 Å². The van der Waals surface area contributed by atoms with E-state index < -0.39 is 79.6 Å². The van der Waals surface area contributed by atoms with Gasteiger partial charge in [0.1, 0.15) is 56.5 Å². The van der Waals surface area contributed by atoms with Gasteiger partial charge < -0.3 is 76.5 Å². The number of nitrogens with one attached hydrogen (secondary N) is 2. The van der Waals surface area contributed by atoms with E-state index in [4.69, 9.17) is 49.5 Å². The Hall–Kier alpha value is -8.44. The first kappa shape index (κ1) is 92.7. The van der Waals surface area contributed by atoms with E-state index in [2.05, 4.69) is 38.6 Å². The molecule has 3 amide bonds. The second-order valence-corrected chi connectivity index (χ2v) is 30.1. The average molecular weight is 1670 g/mol. The predicted octanol–water partition coefficient (Wildman–Crippen LogP) is 9.29. The summed E-state index contributed by atoms with van der Waals surface area (Å²) in [4.78, 5) is 119. The van der Waals surface area contributed by atoms with E-state index in [1.165, 1.54) is 51.4 Å². The number of Topliss-reactive ketones (excluding diaryl/α,β-unsaturated/α-hetero) is 3. The summed E-state index contributed by atoms with van der Waals surface area (Å²) in [7, 11) is 2.99. The smallest absolute Gasteiger partial charge is 0.410 e. The standard InChI is InChI=1S/C18H20FNO5.C15H16FNO4.C15H17NO4.C10H16FNO3.C8H7ClO2.C7H11NO2.C5H11O5P.ClH/c1-23-16(21)8-13-7-14-10-24-11-15(17(13)19)20(14)18(22)25-9-12-5-3-2-4-6-12;16-14-12-9-20-8-11(6-13(14)18)17(12)15(19)21-7-10-4-2-1-3-5-10;17-14-6-12-9-19-10-13(7-14)16(12)15(18)20-8-11-4-2-1-3-5-11;1-14-9(13)3-6-2-7-4-15-5-8(12-7)10(6)11;9-8(10)11-6-7-4-2-1-3-5-7;9-7-1-5-3-10-4-6(2-7)8-5;1-8-5(6)4-11(7,9-2)10-3;/h2-6,8,14-15,17H,7,9-11H2,1H3;1-5,11-12,14H,6-9H2;1-5,12-13H,6-10H2;6-8,10,12H,2-5H2,1H3;1-5H,6H2;5-6,8H,1-4H2;4H2,1-3H3;1H/b13-8+;;;;;;;. The first-order valence-electron chi connectivity index (χ1n) is 36.8. The number of morpholine rings is 5. The maximum absolute atomic E-state index is 14.8. The molecule has 0 aliphatic carbocycles. The van der Waals surface area contributed by atoms with Crippen LogP contribution < -0.4 is 10.6 Å². The van der Waals surface area contributed by atoms with Crippen LogP contribution in [0.3, 0.4) is 0 Å². The Kier molecular flexibility index (Phi) is 38.7. The van der Waals surface area contributed by atoms with Crippen molar-refractivity contribution in [3.8, 4) is 0 Å². The van der Waals surface area contributed by atoms with E-state index in [0.29, 0.717) is 95.2 Å². The van der Waals surface area contributed by atoms with Gasteiger partial charge in [0, 0.05) is 88.0 Å². The third kappa shape index (κ3) is 28.8. The van der Waals surface area contributed by atoms with Gasteiger partial charge in [-0.3, -0.25) is 43.2 Å². The van der Waals surface area contributed by atoms with Gasteiger partial charge in [-0.15, -0.1) is 12.4 Å². The Morgan fingerprint density at radius 2 is 0.868 bits per heavy atom. The van der Waals surface area contributed by atoms with Crippen molar-refractivity contribution >= 4 is 90.6 Å². The highest BCUT2D eigenvalue weighted by molar-refractivity contribution is 7.54. The fourth-order valence-corrected chi connectivity index (χ4v) is 14.9. The van der Waals surface area contributed by atoms with Gasteiger partial charge in [-0.2, -0.15) is 0 Å². The molecular formula is C78H99Cl2F3N5O25P. The number of piperidine rings is 5. The van der Waals surface area contributed by atoms with Crippen LogP contribution >= 0.6 is 31.6 Å². The van der Waals surface area contributed by atoms with Gasteiger partial charge in [-0.05, 0) is 40.7 Å². The summed E-state index contributed by atoms with van der Waals surface area (Å²) in [5.41, 5.74) is 3.16. The Morgan fingerprint density at radius 3 is 1.32 bits per heavy atom. The van der Waals surface area contributed by atoms with Gasteiger partial charge in [0.25, 0.3) is 0 Å². The summed E-state index contributed by atoms with van der Waals surface area (Å²) in [6.45, 7) is 4.64. The molecule has 4 aromatic carbocycles. The summed E-state index contributed by atoms with van der Waals surface area (Å²) < 4.78 is 123. The number of hydrogen-bond acceptors (Lipinski definition) is 27. The molecule has 626 valence electrons. The van der Waals surface area contributed by atoms with Crippen LogP contribution in [0.2, 0.25) is 0 Å². The van der Waals surface area contributed by atoms with Crippen LogP contribution in [0.1, 0.15) is 73.6 Å². The van der Waals surface area contributed by atoms with Gasteiger partial charge in [-0.1, -0.05) is 121 Å². The van der Waals surface area contributed by atoms with Crippen LogP contribution in [0.25, 0.3) is 0 Å². The molecule has 0 saturated carbocycles. The Morgan fingerprint density at radius 1 is 0.474 bits per heavy atom. The number of hydrogen-bond donors (Lipinski definition) is 2. The molecule has 10 fully saturated rings. The summed E-state index contributed by atoms with van der Waals surface area (Å²) in [5, 5.41) is 6.51. The number of carbonyl (C=O) groups is 10. The molecule has 10 aliphatic rings. The second kappa shape index (κ2) is 47.6. The van der Waals surface area contributed by atoms with E-state index >= 15 is 0 Å². The lowest BCUT2D eigenvalue weighted by molar-refractivity contribution is -0.145. The molecule has 30 nitrogen and oxygen atoms in total. The maximum atomic E-state index is 14.8. The summed E-state index contributed by atoms with van der Waals surface area (Å²) in [6.07, 6.45) is -1.79. The number of benzene rings is 4. The molecule has 0 aromatic heterocycles. The fraction of sp³-hybridized carbons (Fsp3) is 0.538. The molecule has 10 saturated heterocycles. The van der Waals surface area contributed by atoms with Gasteiger partial charge in [0.05, 0.1) is 136 Å². The number of esters is 3. The van der Waals surface area contributed by atoms with Crippen LogP contribution in [0.5, 0.6) is 0 Å². The van der Waals surface area contributed by atoms with E-state index in [0.717, 1.165) is 22.3 Å². The lowest BCUT2D eigenvalue weighted by atomic mass is 9.83. The number of rotatable bonds is 15. The number of methoxy groups -OCH3 is 3. The Balaban J connectivity index is 0.000000188. The van der Waals surface area contributed by atoms with Crippen LogP contribution in [-0.2, 0) is 126 Å².